The van der Waals surface area contributed by atoms with Gasteiger partial charge in [0.2, 0.25) is 0 Å². The number of ether oxygens (including phenoxy) is 1. The van der Waals surface area contributed by atoms with E-state index < -0.39 is 17.6 Å². The minimum Gasteiger partial charge on any atom is -0.458 e. The lowest BCUT2D eigenvalue weighted by Gasteiger charge is -2.22. The van der Waals surface area contributed by atoms with E-state index in [1.54, 1.807) is 39.8 Å². The van der Waals surface area contributed by atoms with E-state index in [1.165, 1.54) is 0 Å². The number of hydrogen-bond donors (Lipinski definition) is 1. The molecule has 110 valence electrons. The highest BCUT2D eigenvalue weighted by Gasteiger charge is 2.23. The summed E-state index contributed by atoms with van der Waals surface area (Å²) < 4.78 is 6.08. The monoisotopic (exact) mass is 341 g/mol. The van der Waals surface area contributed by atoms with Crippen molar-refractivity contribution in [3.8, 4) is 0 Å². The highest BCUT2D eigenvalue weighted by Crippen LogP contribution is 2.19. The zero-order chi connectivity index (χ0) is 15.5. The minimum absolute atomic E-state index is 0.290. The molecule has 1 atom stereocenters. The van der Waals surface area contributed by atoms with Crippen LogP contribution >= 0.6 is 15.9 Å². The summed E-state index contributed by atoms with van der Waals surface area (Å²) in [7, 11) is 0. The van der Waals surface area contributed by atoms with Gasteiger partial charge in [-0.3, -0.25) is 4.79 Å². The van der Waals surface area contributed by atoms with Crippen LogP contribution in [0.5, 0.6) is 0 Å². The van der Waals surface area contributed by atoms with Crippen molar-refractivity contribution in [3.63, 3.8) is 0 Å². The van der Waals surface area contributed by atoms with E-state index in [2.05, 4.69) is 21.2 Å². The van der Waals surface area contributed by atoms with Gasteiger partial charge in [-0.25, -0.2) is 4.79 Å². The predicted molar refractivity (Wildman–Crippen MR) is 81.7 cm³/mol. The molecule has 0 aliphatic carbocycles. The predicted octanol–water partition coefficient (Wildman–Crippen LogP) is 3.22. The molecule has 4 nitrogen and oxygen atoms in total. The molecule has 1 amide bonds. The first-order valence-corrected chi connectivity index (χ1v) is 7.20. The Morgan fingerprint density at radius 2 is 1.90 bits per heavy atom. The molecule has 1 rings (SSSR count). The molecule has 0 aliphatic heterocycles. The fourth-order valence-corrected chi connectivity index (χ4v) is 1.94. The zero-order valence-corrected chi connectivity index (χ0v) is 14.0. The van der Waals surface area contributed by atoms with Crippen LogP contribution in [0.15, 0.2) is 22.7 Å². The molecule has 0 fully saturated rings. The summed E-state index contributed by atoms with van der Waals surface area (Å²) in [4.78, 5) is 24.0. The fourth-order valence-electron chi connectivity index (χ4n) is 1.58. The van der Waals surface area contributed by atoms with Crippen molar-refractivity contribution in [2.75, 3.05) is 0 Å². The largest absolute Gasteiger partial charge is 0.458 e. The van der Waals surface area contributed by atoms with Gasteiger partial charge >= 0.3 is 5.97 Å². The van der Waals surface area contributed by atoms with Crippen LogP contribution < -0.4 is 5.32 Å². The van der Waals surface area contributed by atoms with E-state index in [0.29, 0.717) is 5.56 Å². The number of carbonyl (C=O) groups is 2. The van der Waals surface area contributed by atoms with Gasteiger partial charge in [-0.05, 0) is 52.3 Å². The van der Waals surface area contributed by atoms with Crippen molar-refractivity contribution >= 4 is 27.8 Å². The molecule has 1 N–H and O–H groups in total. The number of nitrogens with one attached hydrogen (secondary N) is 1. The fraction of sp³-hybridized carbons (Fsp3) is 0.467. The molecule has 0 unspecified atom stereocenters. The molecule has 0 spiro atoms. The second-order valence-corrected chi connectivity index (χ2v) is 6.50. The SMILES string of the molecule is Cc1c(Br)cccc1C(=O)N[C@H](C)C(=O)OC(C)(C)C. The summed E-state index contributed by atoms with van der Waals surface area (Å²) >= 11 is 3.38. The Hall–Kier alpha value is -1.36. The number of benzene rings is 1. The van der Waals surface area contributed by atoms with Crippen molar-refractivity contribution < 1.29 is 14.3 Å². The molecule has 1 aromatic rings. The molecule has 0 radical (unpaired) electrons. The smallest absolute Gasteiger partial charge is 0.328 e. The second kappa shape index (κ2) is 6.39. The maximum Gasteiger partial charge on any atom is 0.328 e. The van der Waals surface area contributed by atoms with Gasteiger partial charge in [0.15, 0.2) is 0 Å². The van der Waals surface area contributed by atoms with E-state index in [-0.39, 0.29) is 5.91 Å². The van der Waals surface area contributed by atoms with E-state index in [0.717, 1.165) is 10.0 Å². The van der Waals surface area contributed by atoms with E-state index in [9.17, 15) is 9.59 Å². The minimum atomic E-state index is -0.694. The summed E-state index contributed by atoms with van der Waals surface area (Å²) in [6.07, 6.45) is 0. The Kier molecular flexibility index (Phi) is 5.34. The lowest BCUT2D eigenvalue weighted by molar-refractivity contribution is -0.156. The van der Waals surface area contributed by atoms with Gasteiger partial charge < -0.3 is 10.1 Å². The van der Waals surface area contributed by atoms with E-state index in [4.69, 9.17) is 4.74 Å². The summed E-state index contributed by atoms with van der Waals surface area (Å²) in [6.45, 7) is 8.82. The van der Waals surface area contributed by atoms with Crippen LogP contribution in [0.3, 0.4) is 0 Å². The van der Waals surface area contributed by atoms with E-state index >= 15 is 0 Å². The summed E-state index contributed by atoms with van der Waals surface area (Å²) in [5.41, 5.74) is 0.804. The summed E-state index contributed by atoms with van der Waals surface area (Å²) in [5.74, 6) is -0.736. The van der Waals surface area contributed by atoms with Gasteiger partial charge in [0.1, 0.15) is 11.6 Å². The normalized spacial score (nSPS) is 12.7. The topological polar surface area (TPSA) is 55.4 Å². The van der Waals surface area contributed by atoms with Crippen LogP contribution in [0.1, 0.15) is 43.6 Å². The van der Waals surface area contributed by atoms with Crippen molar-refractivity contribution in [3.05, 3.63) is 33.8 Å². The Bertz CT molecular complexity index is 520. The molecule has 5 heteroatoms. The van der Waals surface area contributed by atoms with Gasteiger partial charge in [-0.15, -0.1) is 0 Å². The van der Waals surface area contributed by atoms with Crippen molar-refractivity contribution in [1.82, 2.24) is 5.32 Å². The number of esters is 1. The van der Waals surface area contributed by atoms with Crippen LogP contribution in [0.25, 0.3) is 0 Å². The molecular weight excluding hydrogens is 322 g/mol. The van der Waals surface area contributed by atoms with Crippen LogP contribution in [-0.2, 0) is 9.53 Å². The number of rotatable bonds is 3. The van der Waals surface area contributed by atoms with Crippen molar-refractivity contribution in [2.24, 2.45) is 0 Å². The van der Waals surface area contributed by atoms with Crippen molar-refractivity contribution in [1.29, 1.82) is 0 Å². The third kappa shape index (κ3) is 4.63. The van der Waals surface area contributed by atoms with E-state index in [1.807, 2.05) is 13.0 Å². The number of hydrogen-bond acceptors (Lipinski definition) is 3. The van der Waals surface area contributed by atoms with Gasteiger partial charge in [-0.1, -0.05) is 22.0 Å². The lowest BCUT2D eigenvalue weighted by atomic mass is 10.1. The third-order valence-corrected chi connectivity index (χ3v) is 3.48. The first kappa shape index (κ1) is 16.7. The van der Waals surface area contributed by atoms with Crippen molar-refractivity contribution in [2.45, 2.75) is 46.3 Å². The molecular formula is C15H20BrNO3. The maximum absolute atomic E-state index is 12.2. The third-order valence-electron chi connectivity index (χ3n) is 2.62. The second-order valence-electron chi connectivity index (χ2n) is 5.64. The quantitative estimate of drug-likeness (QED) is 0.858. The average Bonchev–Trinajstić information content (AvgIpc) is 2.30. The molecule has 20 heavy (non-hydrogen) atoms. The molecule has 0 aromatic heterocycles. The summed E-state index contributed by atoms with van der Waals surface area (Å²) in [6, 6.07) is 4.67. The number of carbonyl (C=O) groups excluding carboxylic acids is 2. The Morgan fingerprint density at radius 1 is 1.30 bits per heavy atom. The van der Waals surface area contributed by atoms with Crippen LogP contribution in [0.2, 0.25) is 0 Å². The molecule has 1 aromatic carbocycles. The molecule has 0 saturated carbocycles. The van der Waals surface area contributed by atoms with Gasteiger partial charge in [0.25, 0.3) is 5.91 Å². The molecule has 0 aliphatic rings. The highest BCUT2D eigenvalue weighted by molar-refractivity contribution is 9.10. The van der Waals surface area contributed by atoms with Crippen LogP contribution in [-0.4, -0.2) is 23.5 Å². The Labute approximate surface area is 128 Å². The Balaban J connectivity index is 2.76. The van der Waals surface area contributed by atoms with Crippen LogP contribution in [0, 0.1) is 6.92 Å². The maximum atomic E-state index is 12.2. The summed E-state index contributed by atoms with van der Waals surface area (Å²) in [5, 5.41) is 2.65. The molecule has 0 heterocycles. The highest BCUT2D eigenvalue weighted by atomic mass is 79.9. The molecule has 0 bridgehead atoms. The van der Waals surface area contributed by atoms with Crippen LogP contribution in [0.4, 0.5) is 0 Å². The number of halogens is 1. The first-order chi connectivity index (χ1) is 9.11. The van der Waals surface area contributed by atoms with Gasteiger partial charge in [-0.2, -0.15) is 0 Å². The average molecular weight is 342 g/mol. The standard InChI is InChI=1S/C15H20BrNO3/c1-9-11(7-6-8-12(9)16)13(18)17-10(2)14(19)20-15(3,4)5/h6-8,10H,1-5H3,(H,17,18)/t10-/m1/s1. The zero-order valence-electron chi connectivity index (χ0n) is 12.4. The number of amides is 1. The first-order valence-electron chi connectivity index (χ1n) is 6.40. The Morgan fingerprint density at radius 3 is 2.45 bits per heavy atom. The molecule has 0 saturated heterocycles. The van der Waals surface area contributed by atoms with Gasteiger partial charge in [0.05, 0.1) is 0 Å². The van der Waals surface area contributed by atoms with Gasteiger partial charge in [0, 0.05) is 10.0 Å². The lowest BCUT2D eigenvalue weighted by Crippen LogP contribution is -2.42.